The maximum atomic E-state index is 12.1. The fraction of sp³-hybridized carbons (Fsp3) is 0.929. The second-order valence-electron chi connectivity index (χ2n) is 6.44. The molecule has 1 atom stereocenters. The average molecular weight is 256 g/mol. The van der Waals surface area contributed by atoms with Crippen LogP contribution in [-0.2, 0) is 4.74 Å². The molecular formula is C14H28N2O2. The molecule has 0 bridgehead atoms. The van der Waals surface area contributed by atoms with Gasteiger partial charge in [0.2, 0.25) is 0 Å². The largest absolute Gasteiger partial charge is 0.444 e. The van der Waals surface area contributed by atoms with E-state index in [9.17, 15) is 4.79 Å². The lowest BCUT2D eigenvalue weighted by Crippen LogP contribution is -2.49. The molecule has 1 fully saturated rings. The Morgan fingerprint density at radius 3 is 2.56 bits per heavy atom. The van der Waals surface area contributed by atoms with Gasteiger partial charge in [0.1, 0.15) is 5.60 Å². The van der Waals surface area contributed by atoms with Gasteiger partial charge < -0.3 is 15.0 Å². The van der Waals surface area contributed by atoms with E-state index in [2.05, 4.69) is 19.2 Å². The van der Waals surface area contributed by atoms with E-state index in [1.807, 2.05) is 25.7 Å². The Bertz CT molecular complexity index is 271. The third kappa shape index (κ3) is 5.25. The Hall–Kier alpha value is -0.770. The normalized spacial score (nSPS) is 22.6. The van der Waals surface area contributed by atoms with Crippen LogP contribution in [0.5, 0.6) is 0 Å². The molecule has 1 rings (SSSR count). The summed E-state index contributed by atoms with van der Waals surface area (Å²) in [6.07, 6.45) is 1.97. The molecule has 1 amide bonds. The fourth-order valence-corrected chi connectivity index (χ4v) is 2.05. The monoisotopic (exact) mass is 256 g/mol. The molecule has 0 saturated carbocycles. The summed E-state index contributed by atoms with van der Waals surface area (Å²) in [4.78, 5) is 14.0. The Morgan fingerprint density at radius 1 is 1.33 bits per heavy atom. The van der Waals surface area contributed by atoms with Crippen molar-refractivity contribution < 1.29 is 9.53 Å². The maximum absolute atomic E-state index is 12.1. The van der Waals surface area contributed by atoms with Crippen LogP contribution < -0.4 is 5.32 Å². The summed E-state index contributed by atoms with van der Waals surface area (Å²) in [6, 6.07) is 0.359. The zero-order valence-electron chi connectivity index (χ0n) is 12.5. The molecule has 1 aliphatic heterocycles. The van der Waals surface area contributed by atoms with Crippen LogP contribution in [0.1, 0.15) is 47.5 Å². The molecule has 0 spiro atoms. The highest BCUT2D eigenvalue weighted by molar-refractivity contribution is 5.68. The van der Waals surface area contributed by atoms with E-state index in [4.69, 9.17) is 4.74 Å². The predicted octanol–water partition coefficient (Wildman–Crippen LogP) is 2.63. The zero-order valence-corrected chi connectivity index (χ0v) is 12.5. The number of nitrogens with one attached hydrogen (secondary N) is 1. The van der Waals surface area contributed by atoms with Gasteiger partial charge in [-0.2, -0.15) is 0 Å². The van der Waals surface area contributed by atoms with E-state index in [0.29, 0.717) is 12.0 Å². The van der Waals surface area contributed by atoms with Crippen molar-refractivity contribution in [2.75, 3.05) is 19.6 Å². The minimum atomic E-state index is -0.416. The topological polar surface area (TPSA) is 41.6 Å². The van der Waals surface area contributed by atoms with Crippen molar-refractivity contribution in [2.45, 2.75) is 59.1 Å². The lowest BCUT2D eigenvalue weighted by Gasteiger charge is -2.34. The molecule has 0 radical (unpaired) electrons. The van der Waals surface area contributed by atoms with Gasteiger partial charge in [0, 0.05) is 19.1 Å². The van der Waals surface area contributed by atoms with Crippen molar-refractivity contribution in [2.24, 2.45) is 5.92 Å². The molecule has 0 aromatic carbocycles. The number of nitrogens with zero attached hydrogens (tertiary/aromatic N) is 1. The molecule has 1 heterocycles. The van der Waals surface area contributed by atoms with Gasteiger partial charge in [-0.3, -0.25) is 0 Å². The highest BCUT2D eigenvalue weighted by Gasteiger charge is 2.26. The van der Waals surface area contributed by atoms with Gasteiger partial charge in [0.15, 0.2) is 0 Å². The summed E-state index contributed by atoms with van der Waals surface area (Å²) >= 11 is 0. The molecule has 106 valence electrons. The van der Waals surface area contributed by atoms with Crippen molar-refractivity contribution in [1.82, 2.24) is 10.2 Å². The quantitative estimate of drug-likeness (QED) is 0.784. The molecule has 4 nitrogen and oxygen atoms in total. The lowest BCUT2D eigenvalue weighted by atomic mass is 10.0. The summed E-state index contributed by atoms with van der Waals surface area (Å²) in [5.41, 5.74) is -0.416. The smallest absolute Gasteiger partial charge is 0.410 e. The van der Waals surface area contributed by atoms with E-state index >= 15 is 0 Å². The van der Waals surface area contributed by atoms with E-state index in [-0.39, 0.29) is 6.09 Å². The summed E-state index contributed by atoms with van der Waals surface area (Å²) in [6.45, 7) is 12.7. The first-order valence-corrected chi connectivity index (χ1v) is 7.01. The van der Waals surface area contributed by atoms with Crippen molar-refractivity contribution in [3.63, 3.8) is 0 Å². The number of amides is 1. The summed E-state index contributed by atoms with van der Waals surface area (Å²) in [7, 11) is 0. The van der Waals surface area contributed by atoms with E-state index < -0.39 is 5.60 Å². The van der Waals surface area contributed by atoms with Crippen LogP contribution >= 0.6 is 0 Å². The Labute approximate surface area is 111 Å². The van der Waals surface area contributed by atoms with Gasteiger partial charge in [-0.05, 0) is 46.1 Å². The summed E-state index contributed by atoms with van der Waals surface area (Å²) < 4.78 is 5.46. The van der Waals surface area contributed by atoms with Crippen LogP contribution in [-0.4, -0.2) is 42.3 Å². The van der Waals surface area contributed by atoms with Crippen molar-refractivity contribution >= 4 is 6.09 Å². The Morgan fingerprint density at radius 2 is 2.00 bits per heavy atom. The van der Waals surface area contributed by atoms with Crippen LogP contribution in [0, 0.1) is 5.92 Å². The maximum Gasteiger partial charge on any atom is 0.410 e. The second kappa shape index (κ2) is 6.41. The van der Waals surface area contributed by atoms with Gasteiger partial charge in [-0.15, -0.1) is 0 Å². The first-order valence-electron chi connectivity index (χ1n) is 7.01. The van der Waals surface area contributed by atoms with Crippen molar-refractivity contribution in [3.05, 3.63) is 0 Å². The van der Waals surface area contributed by atoms with Crippen LogP contribution in [0.2, 0.25) is 0 Å². The first kappa shape index (κ1) is 15.3. The first-order chi connectivity index (χ1) is 8.29. The second-order valence-corrected chi connectivity index (χ2v) is 6.44. The van der Waals surface area contributed by atoms with E-state index in [1.54, 1.807) is 0 Å². The van der Waals surface area contributed by atoms with Crippen LogP contribution in [0.25, 0.3) is 0 Å². The number of hydrogen-bond donors (Lipinski definition) is 1. The molecule has 0 aromatic heterocycles. The SMILES string of the molecule is CC(C)[C@H]1CN(C(=O)OC(C)(C)C)CCCCN1. The molecule has 0 aliphatic carbocycles. The highest BCUT2D eigenvalue weighted by atomic mass is 16.6. The van der Waals surface area contributed by atoms with Crippen LogP contribution in [0.4, 0.5) is 4.79 Å². The predicted molar refractivity (Wildman–Crippen MR) is 73.7 cm³/mol. The molecule has 1 saturated heterocycles. The van der Waals surface area contributed by atoms with Gasteiger partial charge in [0.05, 0.1) is 0 Å². The van der Waals surface area contributed by atoms with Crippen LogP contribution in [0.15, 0.2) is 0 Å². The van der Waals surface area contributed by atoms with Gasteiger partial charge >= 0.3 is 6.09 Å². The molecule has 0 aromatic rings. The van der Waals surface area contributed by atoms with Gasteiger partial charge in [0.25, 0.3) is 0 Å². The minimum Gasteiger partial charge on any atom is -0.444 e. The number of rotatable bonds is 1. The van der Waals surface area contributed by atoms with E-state index in [0.717, 1.165) is 32.5 Å². The third-order valence-corrected chi connectivity index (χ3v) is 3.13. The lowest BCUT2D eigenvalue weighted by molar-refractivity contribution is 0.0207. The van der Waals surface area contributed by atoms with Gasteiger partial charge in [-0.1, -0.05) is 13.8 Å². The number of hydrogen-bond acceptors (Lipinski definition) is 3. The standard InChI is InChI=1S/C14H28N2O2/c1-11(2)12-10-16(9-7-6-8-15-12)13(17)18-14(3,4)5/h11-12,15H,6-10H2,1-5H3/t12-/m1/s1. The highest BCUT2D eigenvalue weighted by Crippen LogP contribution is 2.14. The molecule has 1 N–H and O–H groups in total. The van der Waals surface area contributed by atoms with Crippen molar-refractivity contribution in [1.29, 1.82) is 0 Å². The molecule has 18 heavy (non-hydrogen) atoms. The molecule has 1 aliphatic rings. The number of carbonyl (C=O) groups excluding carboxylic acids is 1. The molecule has 4 heteroatoms. The summed E-state index contributed by atoms with van der Waals surface area (Å²) in [5.74, 6) is 0.521. The molecular weight excluding hydrogens is 228 g/mol. The van der Waals surface area contributed by atoms with Gasteiger partial charge in [-0.25, -0.2) is 4.79 Å². The van der Waals surface area contributed by atoms with E-state index in [1.165, 1.54) is 0 Å². The minimum absolute atomic E-state index is 0.183. The average Bonchev–Trinajstić information content (AvgIpc) is 2.12. The Balaban J connectivity index is 2.62. The number of carbonyl (C=O) groups is 1. The number of ether oxygens (including phenoxy) is 1. The Kier molecular flexibility index (Phi) is 5.45. The van der Waals surface area contributed by atoms with Crippen LogP contribution in [0.3, 0.4) is 0 Å². The summed E-state index contributed by atoms with van der Waals surface area (Å²) in [5, 5.41) is 3.52. The zero-order chi connectivity index (χ0) is 13.8. The fourth-order valence-electron chi connectivity index (χ4n) is 2.05. The molecule has 0 unspecified atom stereocenters. The third-order valence-electron chi connectivity index (χ3n) is 3.13. The van der Waals surface area contributed by atoms with Crippen molar-refractivity contribution in [3.8, 4) is 0 Å².